The number of rotatable bonds is 8. The van der Waals surface area contributed by atoms with Crippen molar-refractivity contribution in [3.05, 3.63) is 47.5 Å². The highest BCUT2D eigenvalue weighted by Crippen LogP contribution is 2.52. The Bertz CT molecular complexity index is 871. The molecule has 2 amide bonds. The molecule has 4 rings (SSSR count). The summed E-state index contributed by atoms with van der Waals surface area (Å²) in [6, 6.07) is 8.25. The molecule has 8 heteroatoms. The first-order valence-electron chi connectivity index (χ1n) is 11.2. The van der Waals surface area contributed by atoms with Gasteiger partial charge in [0.05, 0.1) is 24.5 Å². The molecule has 2 bridgehead atoms. The van der Waals surface area contributed by atoms with E-state index < -0.39 is 0 Å². The van der Waals surface area contributed by atoms with E-state index in [-0.39, 0.29) is 65.6 Å². The van der Waals surface area contributed by atoms with Crippen molar-refractivity contribution < 1.29 is 14.3 Å². The van der Waals surface area contributed by atoms with Crippen LogP contribution in [-0.4, -0.2) is 48.9 Å². The SMILES string of the molecule is CN=C(NCCN1C(=O)C2C3C=CC(C3)C2C1=O)NCc1cccc(COC(C)C)c1.I. The van der Waals surface area contributed by atoms with Crippen molar-refractivity contribution in [2.75, 3.05) is 20.1 Å². The highest BCUT2D eigenvalue weighted by atomic mass is 127. The molecule has 32 heavy (non-hydrogen) atoms. The second kappa shape index (κ2) is 10.8. The number of amides is 2. The number of imide groups is 1. The van der Waals surface area contributed by atoms with Crippen LogP contribution in [0.2, 0.25) is 0 Å². The second-order valence-corrected chi connectivity index (χ2v) is 8.86. The van der Waals surface area contributed by atoms with Gasteiger partial charge >= 0.3 is 0 Å². The lowest BCUT2D eigenvalue weighted by atomic mass is 9.85. The van der Waals surface area contributed by atoms with Gasteiger partial charge in [0, 0.05) is 26.7 Å². The molecule has 1 heterocycles. The van der Waals surface area contributed by atoms with Crippen molar-refractivity contribution in [1.82, 2.24) is 15.5 Å². The number of guanidine groups is 1. The topological polar surface area (TPSA) is 83.0 Å². The van der Waals surface area contributed by atoms with E-state index in [9.17, 15) is 9.59 Å². The predicted octanol–water partition coefficient (Wildman–Crippen LogP) is 2.70. The van der Waals surface area contributed by atoms with Crippen molar-refractivity contribution in [1.29, 1.82) is 0 Å². The number of likely N-dealkylation sites (tertiary alicyclic amines) is 1. The van der Waals surface area contributed by atoms with Crippen LogP contribution in [0.15, 0.2) is 41.4 Å². The Morgan fingerprint density at radius 1 is 1.12 bits per heavy atom. The first-order chi connectivity index (χ1) is 15.0. The maximum Gasteiger partial charge on any atom is 0.233 e. The van der Waals surface area contributed by atoms with Gasteiger partial charge in [-0.2, -0.15) is 0 Å². The Morgan fingerprint density at radius 3 is 2.41 bits per heavy atom. The fraction of sp³-hybridized carbons (Fsp3) is 0.542. The van der Waals surface area contributed by atoms with Crippen molar-refractivity contribution >= 4 is 41.8 Å². The zero-order chi connectivity index (χ0) is 22.0. The number of aliphatic imine (C=N–C) groups is 1. The molecule has 1 aromatic carbocycles. The minimum absolute atomic E-state index is 0. The molecular weight excluding hydrogens is 519 g/mol. The highest BCUT2D eigenvalue weighted by Gasteiger charge is 2.58. The minimum Gasteiger partial charge on any atom is -0.374 e. The summed E-state index contributed by atoms with van der Waals surface area (Å²) in [5, 5.41) is 6.51. The fourth-order valence-electron chi connectivity index (χ4n) is 4.97. The van der Waals surface area contributed by atoms with Gasteiger partial charge in [-0.15, -0.1) is 24.0 Å². The van der Waals surface area contributed by atoms with Gasteiger partial charge in [0.15, 0.2) is 5.96 Å². The van der Waals surface area contributed by atoms with Crippen LogP contribution in [0, 0.1) is 23.7 Å². The number of carbonyl (C=O) groups is 2. The molecule has 3 aliphatic rings. The lowest BCUT2D eigenvalue weighted by Gasteiger charge is -2.18. The van der Waals surface area contributed by atoms with Gasteiger partial charge in [0.1, 0.15) is 0 Å². The summed E-state index contributed by atoms with van der Waals surface area (Å²) in [6.45, 7) is 6.11. The number of carbonyl (C=O) groups excluding carboxylic acids is 2. The third-order valence-corrected chi connectivity index (χ3v) is 6.45. The van der Waals surface area contributed by atoms with Crippen LogP contribution in [0.3, 0.4) is 0 Å². The molecule has 4 atom stereocenters. The smallest absolute Gasteiger partial charge is 0.233 e. The van der Waals surface area contributed by atoms with Crippen molar-refractivity contribution in [2.45, 2.75) is 39.5 Å². The summed E-state index contributed by atoms with van der Waals surface area (Å²) in [6.07, 6.45) is 5.40. The van der Waals surface area contributed by atoms with Crippen LogP contribution in [0.25, 0.3) is 0 Å². The summed E-state index contributed by atoms with van der Waals surface area (Å²) in [5.41, 5.74) is 2.27. The number of nitrogens with one attached hydrogen (secondary N) is 2. The van der Waals surface area contributed by atoms with E-state index in [0.717, 1.165) is 17.5 Å². The molecule has 2 N–H and O–H groups in total. The highest BCUT2D eigenvalue weighted by molar-refractivity contribution is 14.0. The van der Waals surface area contributed by atoms with Crippen LogP contribution in [0.4, 0.5) is 0 Å². The molecule has 0 radical (unpaired) electrons. The number of nitrogens with zero attached hydrogens (tertiary/aromatic N) is 2. The molecule has 2 aliphatic carbocycles. The molecule has 174 valence electrons. The van der Waals surface area contributed by atoms with Gasteiger partial charge in [0.2, 0.25) is 11.8 Å². The summed E-state index contributed by atoms with van der Waals surface area (Å²) in [4.78, 5) is 31.2. The first-order valence-corrected chi connectivity index (χ1v) is 11.2. The number of benzene rings is 1. The van der Waals surface area contributed by atoms with Crippen molar-refractivity contribution in [3.8, 4) is 0 Å². The predicted molar refractivity (Wildman–Crippen MR) is 134 cm³/mol. The molecule has 1 aliphatic heterocycles. The zero-order valence-corrected chi connectivity index (χ0v) is 21.2. The monoisotopic (exact) mass is 552 g/mol. The van der Waals surface area contributed by atoms with Crippen LogP contribution in [0.1, 0.15) is 31.4 Å². The molecule has 1 saturated heterocycles. The number of halogens is 1. The van der Waals surface area contributed by atoms with E-state index in [1.165, 1.54) is 4.90 Å². The lowest BCUT2D eigenvalue weighted by molar-refractivity contribution is -0.140. The van der Waals surface area contributed by atoms with E-state index >= 15 is 0 Å². The summed E-state index contributed by atoms with van der Waals surface area (Å²) < 4.78 is 5.67. The average Bonchev–Trinajstić information content (AvgIpc) is 3.44. The molecule has 2 fully saturated rings. The molecule has 1 aromatic rings. The zero-order valence-electron chi connectivity index (χ0n) is 18.9. The quantitative estimate of drug-likeness (QED) is 0.171. The summed E-state index contributed by atoms with van der Waals surface area (Å²) in [5.74, 6) is 0.874. The van der Waals surface area contributed by atoms with Gasteiger partial charge in [-0.3, -0.25) is 19.5 Å². The molecular formula is C24H33IN4O3. The van der Waals surface area contributed by atoms with Gasteiger partial charge in [0.25, 0.3) is 0 Å². The normalized spacial score (nSPS) is 26.0. The van der Waals surface area contributed by atoms with E-state index in [0.29, 0.717) is 32.2 Å². The number of hydrogen-bond acceptors (Lipinski definition) is 4. The van der Waals surface area contributed by atoms with Crippen LogP contribution in [-0.2, 0) is 27.5 Å². The summed E-state index contributed by atoms with van der Waals surface area (Å²) >= 11 is 0. The Morgan fingerprint density at radius 2 is 1.78 bits per heavy atom. The minimum atomic E-state index is -0.133. The number of ether oxygens (including phenoxy) is 1. The van der Waals surface area contributed by atoms with Crippen LogP contribution >= 0.6 is 24.0 Å². The third-order valence-electron chi connectivity index (χ3n) is 6.45. The summed E-state index contributed by atoms with van der Waals surface area (Å²) in [7, 11) is 1.71. The van der Waals surface area contributed by atoms with Gasteiger partial charge < -0.3 is 15.4 Å². The van der Waals surface area contributed by atoms with Crippen molar-refractivity contribution in [2.24, 2.45) is 28.7 Å². The van der Waals surface area contributed by atoms with E-state index in [1.54, 1.807) is 7.05 Å². The van der Waals surface area contributed by atoms with Crippen LogP contribution in [0.5, 0.6) is 0 Å². The maximum absolute atomic E-state index is 12.8. The fourth-order valence-corrected chi connectivity index (χ4v) is 4.97. The van der Waals surface area contributed by atoms with Crippen molar-refractivity contribution in [3.63, 3.8) is 0 Å². The van der Waals surface area contributed by atoms with Gasteiger partial charge in [-0.25, -0.2) is 0 Å². The number of allylic oxidation sites excluding steroid dienone is 2. The Labute approximate surface area is 207 Å². The molecule has 1 saturated carbocycles. The lowest BCUT2D eigenvalue weighted by Crippen LogP contribution is -2.43. The van der Waals surface area contributed by atoms with Crippen LogP contribution < -0.4 is 10.6 Å². The number of fused-ring (bicyclic) bond motifs is 5. The third kappa shape index (κ3) is 5.17. The van der Waals surface area contributed by atoms with E-state index in [2.05, 4.69) is 46.0 Å². The molecule has 0 aromatic heterocycles. The van der Waals surface area contributed by atoms with Gasteiger partial charge in [-0.1, -0.05) is 36.4 Å². The van der Waals surface area contributed by atoms with Gasteiger partial charge in [-0.05, 0) is 43.2 Å². The van der Waals surface area contributed by atoms with E-state index in [1.807, 2.05) is 19.9 Å². The molecule has 4 unspecified atom stereocenters. The van der Waals surface area contributed by atoms with E-state index in [4.69, 9.17) is 4.74 Å². The maximum atomic E-state index is 12.8. The standard InChI is InChI=1S/C24H32N4O3.HI/c1-15(2)31-14-17-6-4-5-16(11-17)13-27-24(25-3)26-9-10-28-22(29)20-18-7-8-19(12-18)21(20)23(28)30;/h4-8,11,15,18-21H,9-10,12-14H2,1-3H3,(H2,25,26,27);1H. The molecule has 7 nitrogen and oxygen atoms in total. The Balaban J connectivity index is 0.00000289. The Hall–Kier alpha value is -1.94. The number of hydrogen-bond donors (Lipinski definition) is 2. The Kier molecular flexibility index (Phi) is 8.32. The largest absolute Gasteiger partial charge is 0.374 e. The molecule has 0 spiro atoms. The average molecular weight is 552 g/mol. The second-order valence-electron chi connectivity index (χ2n) is 8.86. The first kappa shape index (κ1) is 24.7.